The van der Waals surface area contributed by atoms with Crippen LogP contribution in [0.15, 0.2) is 42.5 Å². The van der Waals surface area contributed by atoms with Gasteiger partial charge in [-0.05, 0) is 73.2 Å². The summed E-state index contributed by atoms with van der Waals surface area (Å²) in [4.78, 5) is 24.0. The van der Waals surface area contributed by atoms with E-state index < -0.39 is 0 Å². The quantitative estimate of drug-likeness (QED) is 0.769. The zero-order valence-electron chi connectivity index (χ0n) is 14.0. The summed E-state index contributed by atoms with van der Waals surface area (Å²) < 4.78 is 0. The number of aryl methyl sites for hydroxylation is 2. The molecule has 2 aromatic carbocycles. The van der Waals surface area contributed by atoms with Crippen molar-refractivity contribution in [1.82, 2.24) is 5.32 Å². The summed E-state index contributed by atoms with van der Waals surface area (Å²) in [5.41, 5.74) is 4.15. The van der Waals surface area contributed by atoms with Gasteiger partial charge >= 0.3 is 0 Å². The van der Waals surface area contributed by atoms with Crippen LogP contribution >= 0.6 is 11.6 Å². The van der Waals surface area contributed by atoms with E-state index in [1.54, 1.807) is 24.3 Å². The van der Waals surface area contributed by atoms with Crippen LogP contribution in [0.1, 0.15) is 40.7 Å². The minimum absolute atomic E-state index is 0.0290. The van der Waals surface area contributed by atoms with Crippen LogP contribution in [0.5, 0.6) is 0 Å². The van der Waals surface area contributed by atoms with Crippen molar-refractivity contribution in [3.63, 3.8) is 0 Å². The summed E-state index contributed by atoms with van der Waals surface area (Å²) in [6.45, 7) is 0.457. The number of hydrogen-bond donors (Lipinski definition) is 2. The topological polar surface area (TPSA) is 58.2 Å². The van der Waals surface area contributed by atoms with E-state index in [1.807, 2.05) is 6.07 Å². The van der Waals surface area contributed by atoms with Crippen molar-refractivity contribution in [2.45, 2.75) is 32.1 Å². The third kappa shape index (κ3) is 4.83. The van der Waals surface area contributed by atoms with E-state index in [2.05, 4.69) is 22.8 Å². The molecule has 4 nitrogen and oxygen atoms in total. The second-order valence-corrected chi connectivity index (χ2v) is 6.69. The second-order valence-electron chi connectivity index (χ2n) is 6.25. The number of halogens is 1. The number of benzene rings is 2. The van der Waals surface area contributed by atoms with Crippen LogP contribution in [-0.2, 0) is 17.6 Å². The van der Waals surface area contributed by atoms with E-state index >= 15 is 0 Å². The molecule has 0 spiro atoms. The molecule has 0 unspecified atom stereocenters. The lowest BCUT2D eigenvalue weighted by atomic mass is 10.1. The summed E-state index contributed by atoms with van der Waals surface area (Å²) in [7, 11) is 0. The van der Waals surface area contributed by atoms with Crippen molar-refractivity contribution in [2.24, 2.45) is 0 Å². The van der Waals surface area contributed by atoms with Crippen molar-refractivity contribution in [3.8, 4) is 0 Å². The third-order valence-corrected chi connectivity index (χ3v) is 4.61. The molecular weight excluding hydrogens is 336 g/mol. The van der Waals surface area contributed by atoms with E-state index in [0.717, 1.165) is 18.5 Å². The zero-order valence-corrected chi connectivity index (χ0v) is 14.7. The predicted octanol–water partition coefficient (Wildman–Crippen LogP) is 3.98. The smallest absolute Gasteiger partial charge is 0.251 e. The average Bonchev–Trinajstić information content (AvgIpc) is 3.07. The second kappa shape index (κ2) is 8.17. The molecule has 2 N–H and O–H groups in total. The van der Waals surface area contributed by atoms with Gasteiger partial charge in [-0.2, -0.15) is 0 Å². The molecule has 0 saturated carbocycles. The normalized spacial score (nSPS) is 12.5. The standard InChI is InChI=1S/C20H21ClN2O2/c21-17-9-6-15(7-10-17)20(25)22-12-2-5-19(24)23-18-11-8-14-3-1-4-16(14)13-18/h6-11,13H,1-5,12H2,(H,22,25)(H,23,24). The molecule has 2 aromatic rings. The van der Waals surface area contributed by atoms with Crippen LogP contribution in [0.4, 0.5) is 5.69 Å². The van der Waals surface area contributed by atoms with Gasteiger partial charge in [0.05, 0.1) is 0 Å². The van der Waals surface area contributed by atoms with E-state index in [9.17, 15) is 9.59 Å². The van der Waals surface area contributed by atoms with Gasteiger partial charge in [-0.15, -0.1) is 0 Å². The zero-order chi connectivity index (χ0) is 17.6. The Kier molecular flexibility index (Phi) is 5.71. The maximum Gasteiger partial charge on any atom is 0.251 e. The maximum atomic E-state index is 12.0. The van der Waals surface area contributed by atoms with Crippen LogP contribution in [0.25, 0.3) is 0 Å². The molecule has 3 rings (SSSR count). The van der Waals surface area contributed by atoms with E-state index in [1.165, 1.54) is 17.5 Å². The Balaban J connectivity index is 1.39. The number of carbonyl (C=O) groups is 2. The van der Waals surface area contributed by atoms with Crippen LogP contribution in [-0.4, -0.2) is 18.4 Å². The first-order valence-corrected chi connectivity index (χ1v) is 8.95. The van der Waals surface area contributed by atoms with Crippen LogP contribution < -0.4 is 10.6 Å². The fourth-order valence-corrected chi connectivity index (χ4v) is 3.15. The molecule has 0 atom stereocenters. The third-order valence-electron chi connectivity index (χ3n) is 4.35. The fourth-order valence-electron chi connectivity index (χ4n) is 3.03. The minimum Gasteiger partial charge on any atom is -0.352 e. The Morgan fingerprint density at radius 2 is 1.76 bits per heavy atom. The fraction of sp³-hybridized carbons (Fsp3) is 0.300. The number of anilines is 1. The van der Waals surface area contributed by atoms with Gasteiger partial charge in [0.15, 0.2) is 0 Å². The average molecular weight is 357 g/mol. The molecule has 1 aliphatic rings. The van der Waals surface area contributed by atoms with Gasteiger partial charge in [0, 0.05) is 29.2 Å². The first kappa shape index (κ1) is 17.5. The maximum absolute atomic E-state index is 12.0. The number of carbonyl (C=O) groups excluding carboxylic acids is 2. The van der Waals surface area contributed by atoms with Gasteiger partial charge in [-0.3, -0.25) is 9.59 Å². The number of nitrogens with one attached hydrogen (secondary N) is 2. The van der Waals surface area contributed by atoms with E-state index in [-0.39, 0.29) is 11.8 Å². The number of amides is 2. The van der Waals surface area contributed by atoms with Crippen molar-refractivity contribution in [1.29, 1.82) is 0 Å². The molecule has 0 aliphatic heterocycles. The van der Waals surface area contributed by atoms with Crippen LogP contribution in [0.2, 0.25) is 5.02 Å². The number of hydrogen-bond acceptors (Lipinski definition) is 2. The predicted molar refractivity (Wildman–Crippen MR) is 100 cm³/mol. The molecular formula is C20H21ClN2O2. The summed E-state index contributed by atoms with van der Waals surface area (Å²) in [5.74, 6) is -0.186. The number of fused-ring (bicyclic) bond motifs is 1. The van der Waals surface area contributed by atoms with E-state index in [0.29, 0.717) is 30.0 Å². The first-order chi connectivity index (χ1) is 12.1. The highest BCUT2D eigenvalue weighted by molar-refractivity contribution is 6.30. The molecule has 130 valence electrons. The molecule has 0 fully saturated rings. The van der Waals surface area contributed by atoms with Gasteiger partial charge < -0.3 is 10.6 Å². The van der Waals surface area contributed by atoms with Gasteiger partial charge in [0.2, 0.25) is 5.91 Å². The summed E-state index contributed by atoms with van der Waals surface area (Å²) in [5, 5.41) is 6.34. The minimum atomic E-state index is -0.157. The lowest BCUT2D eigenvalue weighted by Gasteiger charge is -2.08. The highest BCUT2D eigenvalue weighted by Gasteiger charge is 2.12. The van der Waals surface area contributed by atoms with Gasteiger partial charge in [-0.1, -0.05) is 17.7 Å². The molecule has 0 bridgehead atoms. The van der Waals surface area contributed by atoms with E-state index in [4.69, 9.17) is 11.6 Å². The van der Waals surface area contributed by atoms with Crippen molar-refractivity contribution < 1.29 is 9.59 Å². The van der Waals surface area contributed by atoms with Gasteiger partial charge in [0.1, 0.15) is 0 Å². The Morgan fingerprint density at radius 1 is 1.00 bits per heavy atom. The summed E-state index contributed by atoms with van der Waals surface area (Å²) >= 11 is 5.80. The molecule has 1 aliphatic carbocycles. The Hall–Kier alpha value is -2.33. The Morgan fingerprint density at radius 3 is 2.56 bits per heavy atom. The molecule has 2 amide bonds. The highest BCUT2D eigenvalue weighted by Crippen LogP contribution is 2.24. The van der Waals surface area contributed by atoms with Crippen molar-refractivity contribution in [2.75, 3.05) is 11.9 Å². The number of rotatable bonds is 6. The highest BCUT2D eigenvalue weighted by atomic mass is 35.5. The SMILES string of the molecule is O=C(CCCNC(=O)c1ccc(Cl)cc1)Nc1ccc2c(c1)CCC2. The molecule has 0 saturated heterocycles. The van der Waals surface area contributed by atoms with Crippen LogP contribution in [0.3, 0.4) is 0 Å². The van der Waals surface area contributed by atoms with Crippen molar-refractivity contribution >= 4 is 29.1 Å². The molecule has 25 heavy (non-hydrogen) atoms. The van der Waals surface area contributed by atoms with Crippen molar-refractivity contribution in [3.05, 3.63) is 64.2 Å². The van der Waals surface area contributed by atoms with Gasteiger partial charge in [-0.25, -0.2) is 0 Å². The Bertz CT molecular complexity index is 772. The molecule has 0 radical (unpaired) electrons. The summed E-state index contributed by atoms with van der Waals surface area (Å²) in [6, 6.07) is 12.9. The lowest BCUT2D eigenvalue weighted by Crippen LogP contribution is -2.25. The Labute approximate surface area is 152 Å². The monoisotopic (exact) mass is 356 g/mol. The largest absolute Gasteiger partial charge is 0.352 e. The van der Waals surface area contributed by atoms with Gasteiger partial charge in [0.25, 0.3) is 5.91 Å². The molecule has 0 aromatic heterocycles. The molecule has 5 heteroatoms. The summed E-state index contributed by atoms with van der Waals surface area (Å²) in [6.07, 6.45) is 4.39. The molecule has 0 heterocycles. The lowest BCUT2D eigenvalue weighted by molar-refractivity contribution is -0.116. The van der Waals surface area contributed by atoms with Crippen LogP contribution in [0, 0.1) is 0 Å². The first-order valence-electron chi connectivity index (χ1n) is 8.57.